The highest BCUT2D eigenvalue weighted by Crippen LogP contribution is 2.34. The number of ether oxygens (including phenoxy) is 2. The van der Waals surface area contributed by atoms with Crippen molar-refractivity contribution in [2.24, 2.45) is 11.5 Å². The molecule has 0 spiro atoms. The number of Topliss-reactive ketones (excluding diaryl/α,β-unsaturated/α-hetero) is 1. The smallest absolute Gasteiger partial charge is 0.342 e. The van der Waals surface area contributed by atoms with E-state index in [0.717, 1.165) is 5.56 Å². The van der Waals surface area contributed by atoms with Crippen molar-refractivity contribution in [3.05, 3.63) is 95.6 Å². The van der Waals surface area contributed by atoms with E-state index in [1.54, 1.807) is 30.5 Å². The van der Waals surface area contributed by atoms with Crippen molar-refractivity contribution >= 4 is 28.5 Å². The molecule has 1 heterocycles. The molecule has 9 nitrogen and oxygen atoms in total. The van der Waals surface area contributed by atoms with Crippen LogP contribution in [-0.2, 0) is 22.6 Å². The fourth-order valence-corrected chi connectivity index (χ4v) is 3.74. The number of esters is 2. The number of H-pyrrole nitrogens is 1. The third kappa shape index (κ3) is 5.48. The second kappa shape index (κ2) is 10.9. The molecule has 0 aliphatic carbocycles. The molecule has 0 radical (unpaired) electrons. The van der Waals surface area contributed by atoms with E-state index < -0.39 is 29.8 Å². The maximum Gasteiger partial charge on any atom is 0.342 e. The van der Waals surface area contributed by atoms with Crippen LogP contribution in [0.25, 0.3) is 10.8 Å². The number of nitrogens with two attached hydrogens (primary N) is 2. The molecule has 1 aromatic heterocycles. The van der Waals surface area contributed by atoms with E-state index in [1.807, 2.05) is 30.3 Å². The molecule has 0 saturated heterocycles. The summed E-state index contributed by atoms with van der Waals surface area (Å²) in [4.78, 5) is 46.3. The number of aromatic amines is 1. The number of carbonyl (C=O) groups is 3. The molecule has 36 heavy (non-hydrogen) atoms. The molecular formula is C27H26N4O5. The van der Waals surface area contributed by atoms with Crippen LogP contribution in [0.1, 0.15) is 38.9 Å². The fraction of sp³-hybridized carbons (Fsp3) is 0.185. The van der Waals surface area contributed by atoms with E-state index in [0.29, 0.717) is 16.5 Å². The van der Waals surface area contributed by atoms with E-state index in [2.05, 4.69) is 9.97 Å². The Morgan fingerprint density at radius 3 is 2.44 bits per heavy atom. The Labute approximate surface area is 207 Å². The molecular weight excluding hydrogens is 460 g/mol. The highest BCUT2D eigenvalue weighted by atomic mass is 16.5. The van der Waals surface area contributed by atoms with Gasteiger partial charge in [0, 0.05) is 18.3 Å². The van der Waals surface area contributed by atoms with Gasteiger partial charge in [-0.15, -0.1) is 0 Å². The largest absolute Gasteiger partial charge is 0.457 e. The number of nitrogens with zero attached hydrogens (tertiary/aromatic N) is 1. The summed E-state index contributed by atoms with van der Waals surface area (Å²) in [6, 6.07) is 15.6. The Balaban J connectivity index is 1.80. The molecule has 0 aliphatic heterocycles. The average molecular weight is 487 g/mol. The van der Waals surface area contributed by atoms with Gasteiger partial charge in [0.2, 0.25) is 0 Å². The van der Waals surface area contributed by atoms with Crippen molar-refractivity contribution in [2.45, 2.75) is 32.0 Å². The third-order valence-corrected chi connectivity index (χ3v) is 5.59. The van der Waals surface area contributed by atoms with Gasteiger partial charge < -0.3 is 25.9 Å². The number of ketones is 1. The summed E-state index contributed by atoms with van der Waals surface area (Å²) >= 11 is 0. The van der Waals surface area contributed by atoms with E-state index in [4.69, 9.17) is 20.9 Å². The van der Waals surface area contributed by atoms with Crippen LogP contribution >= 0.6 is 0 Å². The highest BCUT2D eigenvalue weighted by Gasteiger charge is 2.30. The van der Waals surface area contributed by atoms with Gasteiger partial charge in [0.05, 0.1) is 17.9 Å². The molecule has 4 rings (SSSR count). The number of fused-ring (bicyclic) bond motifs is 1. The molecule has 9 heteroatoms. The predicted octanol–water partition coefficient (Wildman–Crippen LogP) is 2.93. The van der Waals surface area contributed by atoms with Crippen molar-refractivity contribution < 1.29 is 23.9 Å². The minimum atomic E-state index is -1.00. The van der Waals surface area contributed by atoms with Gasteiger partial charge in [0.15, 0.2) is 11.5 Å². The number of carbonyl (C=O) groups excluding carboxylic acids is 3. The van der Waals surface area contributed by atoms with E-state index in [9.17, 15) is 14.4 Å². The molecule has 4 aromatic rings. The minimum Gasteiger partial charge on any atom is -0.457 e. The lowest BCUT2D eigenvalue weighted by atomic mass is 9.92. The van der Waals surface area contributed by atoms with Gasteiger partial charge in [0.1, 0.15) is 18.2 Å². The van der Waals surface area contributed by atoms with Crippen molar-refractivity contribution in [1.82, 2.24) is 9.97 Å². The summed E-state index contributed by atoms with van der Waals surface area (Å²) in [5, 5.41) is 1.07. The zero-order valence-corrected chi connectivity index (χ0v) is 19.6. The Morgan fingerprint density at radius 1 is 1.03 bits per heavy atom. The summed E-state index contributed by atoms with van der Waals surface area (Å²) in [7, 11) is 0. The maximum atomic E-state index is 13.7. The van der Waals surface area contributed by atoms with Crippen LogP contribution in [0.3, 0.4) is 0 Å². The molecule has 3 aromatic carbocycles. The van der Waals surface area contributed by atoms with Crippen LogP contribution in [0.15, 0.2) is 73.2 Å². The molecule has 0 fully saturated rings. The molecule has 0 aliphatic rings. The molecule has 0 saturated carbocycles. The van der Waals surface area contributed by atoms with Gasteiger partial charge in [-0.05, 0) is 29.3 Å². The van der Waals surface area contributed by atoms with Crippen LogP contribution in [0.2, 0.25) is 0 Å². The van der Waals surface area contributed by atoms with Crippen LogP contribution in [-0.4, -0.2) is 39.8 Å². The standard InChI is InChI=1S/C27H26N4O5/c1-16(28)26(33)36-25-21(27(34)35-14-17-7-3-2-4-8-17)11-18-9-5-6-10-20(18)23(25)24(32)22(29)12-19-13-30-15-31-19/h2-11,13,15-16,22H,12,14,28-29H2,1H3,(H,30,31)/t16-,22-/m0/s1. The number of nitrogens with one attached hydrogen (secondary N) is 1. The van der Waals surface area contributed by atoms with Crippen molar-refractivity contribution in [2.75, 3.05) is 0 Å². The number of imidazole rings is 1. The number of hydrogen-bond donors (Lipinski definition) is 3. The molecule has 0 bridgehead atoms. The SMILES string of the molecule is C[C@H](N)C(=O)Oc1c(C(=O)OCc2ccccc2)cc2ccccc2c1C(=O)[C@@H](N)Cc1cnc[nH]1. The van der Waals surface area contributed by atoms with E-state index >= 15 is 0 Å². The van der Waals surface area contributed by atoms with Gasteiger partial charge in [-0.1, -0.05) is 54.6 Å². The van der Waals surface area contributed by atoms with Crippen LogP contribution in [0.4, 0.5) is 0 Å². The topological polar surface area (TPSA) is 150 Å². The Morgan fingerprint density at radius 2 is 1.75 bits per heavy atom. The Hall–Kier alpha value is -4.34. The Bertz CT molecular complexity index is 1380. The summed E-state index contributed by atoms with van der Waals surface area (Å²) in [5.41, 5.74) is 13.4. The summed E-state index contributed by atoms with van der Waals surface area (Å²) in [6.07, 6.45) is 3.22. The first-order valence-corrected chi connectivity index (χ1v) is 11.4. The summed E-state index contributed by atoms with van der Waals surface area (Å²) in [5.74, 6) is -2.29. The zero-order valence-electron chi connectivity index (χ0n) is 19.6. The second-order valence-electron chi connectivity index (χ2n) is 8.37. The normalized spacial score (nSPS) is 12.6. The lowest BCUT2D eigenvalue weighted by Crippen LogP contribution is -2.35. The molecule has 0 unspecified atom stereocenters. The lowest BCUT2D eigenvalue weighted by molar-refractivity contribution is -0.135. The fourth-order valence-electron chi connectivity index (χ4n) is 3.74. The molecule has 184 valence electrons. The molecule has 5 N–H and O–H groups in total. The van der Waals surface area contributed by atoms with Gasteiger partial charge in [-0.25, -0.2) is 14.6 Å². The van der Waals surface area contributed by atoms with Crippen molar-refractivity contribution in [3.8, 4) is 5.75 Å². The quantitative estimate of drug-likeness (QED) is 0.186. The Kier molecular flexibility index (Phi) is 7.53. The minimum absolute atomic E-state index is 0.00417. The third-order valence-electron chi connectivity index (χ3n) is 5.59. The van der Waals surface area contributed by atoms with E-state index in [1.165, 1.54) is 19.3 Å². The van der Waals surface area contributed by atoms with Gasteiger partial charge in [-0.3, -0.25) is 4.79 Å². The van der Waals surface area contributed by atoms with E-state index in [-0.39, 0.29) is 29.9 Å². The van der Waals surface area contributed by atoms with Crippen LogP contribution in [0, 0.1) is 0 Å². The average Bonchev–Trinajstić information content (AvgIpc) is 3.40. The first-order valence-electron chi connectivity index (χ1n) is 11.4. The molecule has 2 atom stereocenters. The molecule has 0 amide bonds. The van der Waals surface area contributed by atoms with Gasteiger partial charge in [-0.2, -0.15) is 0 Å². The monoisotopic (exact) mass is 486 g/mol. The van der Waals surface area contributed by atoms with Crippen molar-refractivity contribution in [1.29, 1.82) is 0 Å². The zero-order chi connectivity index (χ0) is 25.7. The lowest BCUT2D eigenvalue weighted by Gasteiger charge is -2.19. The van der Waals surface area contributed by atoms with Crippen LogP contribution in [0.5, 0.6) is 5.75 Å². The highest BCUT2D eigenvalue weighted by molar-refractivity contribution is 6.16. The maximum absolute atomic E-state index is 13.7. The van der Waals surface area contributed by atoms with Crippen LogP contribution < -0.4 is 16.2 Å². The summed E-state index contributed by atoms with van der Waals surface area (Å²) < 4.78 is 11.1. The first-order chi connectivity index (χ1) is 17.3. The summed E-state index contributed by atoms with van der Waals surface area (Å²) in [6.45, 7) is 1.44. The number of hydrogen-bond acceptors (Lipinski definition) is 8. The first kappa shape index (κ1) is 24.8. The van der Waals surface area contributed by atoms with Gasteiger partial charge >= 0.3 is 11.9 Å². The number of benzene rings is 3. The second-order valence-corrected chi connectivity index (χ2v) is 8.37. The van der Waals surface area contributed by atoms with Gasteiger partial charge in [0.25, 0.3) is 0 Å². The van der Waals surface area contributed by atoms with Crippen molar-refractivity contribution in [3.63, 3.8) is 0 Å². The number of aromatic nitrogens is 2. The predicted molar refractivity (Wildman–Crippen MR) is 133 cm³/mol. The number of rotatable bonds is 9.